The summed E-state index contributed by atoms with van der Waals surface area (Å²) in [4.78, 5) is 37.6. The number of carbonyl (C=O) groups is 3. The predicted molar refractivity (Wildman–Crippen MR) is 84.4 cm³/mol. The quantitative estimate of drug-likeness (QED) is 0.739. The van der Waals surface area contributed by atoms with E-state index in [2.05, 4.69) is 11.9 Å². The van der Waals surface area contributed by atoms with Crippen molar-refractivity contribution in [1.82, 2.24) is 10.2 Å². The lowest BCUT2D eigenvalue weighted by atomic mass is 10.1. The molecule has 7 nitrogen and oxygen atoms in total. The van der Waals surface area contributed by atoms with Crippen LogP contribution in [0.15, 0.2) is 12.2 Å². The average Bonchev–Trinajstić information content (AvgIpc) is 3.14. The van der Waals surface area contributed by atoms with Gasteiger partial charge in [0.2, 0.25) is 11.8 Å². The van der Waals surface area contributed by atoms with E-state index in [1.165, 1.54) is 4.90 Å². The molecule has 1 heterocycles. The first-order valence-corrected chi connectivity index (χ1v) is 8.12. The number of nitrogens with one attached hydrogen (secondary N) is 1. The summed E-state index contributed by atoms with van der Waals surface area (Å²) in [7, 11) is 0. The van der Waals surface area contributed by atoms with Crippen molar-refractivity contribution in [2.75, 3.05) is 6.54 Å². The van der Waals surface area contributed by atoms with Gasteiger partial charge in [-0.25, -0.2) is 4.79 Å². The Balaban J connectivity index is 1.99. The molecule has 3 amide bonds. The third kappa shape index (κ3) is 4.24. The summed E-state index contributed by atoms with van der Waals surface area (Å²) in [6.45, 7) is 5.88. The van der Waals surface area contributed by atoms with Crippen LogP contribution in [0.5, 0.6) is 0 Å². The molecule has 1 saturated carbocycles. The molecule has 2 aliphatic rings. The van der Waals surface area contributed by atoms with E-state index in [1.807, 2.05) is 0 Å². The molecule has 2 fully saturated rings. The third-order valence-corrected chi connectivity index (χ3v) is 4.44. The Morgan fingerprint density at radius 2 is 1.87 bits per heavy atom. The number of carbonyl (C=O) groups excluding carboxylic acids is 3. The summed E-state index contributed by atoms with van der Waals surface area (Å²) < 4.78 is 5.33. The van der Waals surface area contributed by atoms with Crippen molar-refractivity contribution >= 4 is 17.9 Å². The fraction of sp³-hybridized carbons (Fsp3) is 0.688. The highest BCUT2D eigenvalue weighted by Crippen LogP contribution is 2.22. The van der Waals surface area contributed by atoms with Gasteiger partial charge in [-0.15, -0.1) is 0 Å². The van der Waals surface area contributed by atoms with Crippen molar-refractivity contribution in [2.24, 2.45) is 5.73 Å². The summed E-state index contributed by atoms with van der Waals surface area (Å²) in [6.07, 6.45) is 4.38. The minimum Gasteiger partial charge on any atom is -0.446 e. The van der Waals surface area contributed by atoms with Crippen molar-refractivity contribution in [3.05, 3.63) is 12.2 Å². The maximum absolute atomic E-state index is 12.7. The van der Waals surface area contributed by atoms with Gasteiger partial charge >= 0.3 is 6.09 Å². The van der Waals surface area contributed by atoms with E-state index >= 15 is 0 Å². The number of hydrogen-bond donors (Lipinski definition) is 2. The second-order valence-electron chi connectivity index (χ2n) is 6.33. The largest absolute Gasteiger partial charge is 0.446 e. The van der Waals surface area contributed by atoms with Crippen LogP contribution >= 0.6 is 0 Å². The molecule has 7 heteroatoms. The van der Waals surface area contributed by atoms with Gasteiger partial charge in [0, 0.05) is 6.54 Å². The molecule has 0 unspecified atom stereocenters. The highest BCUT2D eigenvalue weighted by molar-refractivity contribution is 5.93. The minimum atomic E-state index is -0.899. The van der Waals surface area contributed by atoms with Crippen LogP contribution in [0.3, 0.4) is 0 Å². The molecule has 0 radical (unpaired) electrons. The fourth-order valence-corrected chi connectivity index (χ4v) is 3.20. The summed E-state index contributed by atoms with van der Waals surface area (Å²) in [6, 6.07) is -1.51. The monoisotopic (exact) mass is 323 g/mol. The van der Waals surface area contributed by atoms with E-state index in [0.29, 0.717) is 18.5 Å². The van der Waals surface area contributed by atoms with Gasteiger partial charge in [-0.3, -0.25) is 9.59 Å². The van der Waals surface area contributed by atoms with E-state index in [4.69, 9.17) is 10.5 Å². The number of primary amides is 1. The zero-order valence-electron chi connectivity index (χ0n) is 13.5. The fourth-order valence-electron chi connectivity index (χ4n) is 3.20. The van der Waals surface area contributed by atoms with Crippen LogP contribution in [0.4, 0.5) is 4.79 Å². The molecule has 3 N–H and O–H groups in total. The second-order valence-corrected chi connectivity index (χ2v) is 6.33. The highest BCUT2D eigenvalue weighted by Gasteiger charge is 2.37. The number of nitrogens with two attached hydrogens (primary N) is 1. The zero-order chi connectivity index (χ0) is 17.0. The van der Waals surface area contributed by atoms with E-state index in [9.17, 15) is 14.4 Å². The molecule has 0 aromatic carbocycles. The number of hydrogen-bond acceptors (Lipinski definition) is 4. The first-order valence-electron chi connectivity index (χ1n) is 8.12. The molecule has 2 atom stereocenters. The van der Waals surface area contributed by atoms with Crippen molar-refractivity contribution in [2.45, 2.75) is 63.6 Å². The van der Waals surface area contributed by atoms with Crippen LogP contribution in [-0.4, -0.2) is 47.5 Å². The Morgan fingerprint density at radius 1 is 1.22 bits per heavy atom. The Kier molecular flexibility index (Phi) is 5.63. The molecule has 0 spiro atoms. The zero-order valence-corrected chi connectivity index (χ0v) is 13.5. The van der Waals surface area contributed by atoms with Crippen LogP contribution in [0, 0.1) is 0 Å². The normalized spacial score (nSPS) is 22.7. The number of amides is 3. The topological polar surface area (TPSA) is 102 Å². The lowest BCUT2D eigenvalue weighted by molar-refractivity contribution is -0.138. The maximum atomic E-state index is 12.7. The van der Waals surface area contributed by atoms with Crippen LogP contribution in [0.2, 0.25) is 0 Å². The highest BCUT2D eigenvalue weighted by atomic mass is 16.6. The lowest BCUT2D eigenvalue weighted by Gasteiger charge is -2.28. The van der Waals surface area contributed by atoms with E-state index < -0.39 is 24.1 Å². The van der Waals surface area contributed by atoms with Crippen LogP contribution in [0.1, 0.15) is 45.4 Å². The molecule has 0 aromatic heterocycles. The molecule has 23 heavy (non-hydrogen) atoms. The van der Waals surface area contributed by atoms with E-state index in [1.54, 1.807) is 6.92 Å². The van der Waals surface area contributed by atoms with Crippen LogP contribution in [0.25, 0.3) is 0 Å². The molecule has 0 bridgehead atoms. The first-order chi connectivity index (χ1) is 10.9. The second kappa shape index (κ2) is 7.48. The number of ether oxygens (including phenoxy) is 1. The number of likely N-dealkylation sites (tertiary alicyclic amines) is 1. The third-order valence-electron chi connectivity index (χ3n) is 4.44. The first kappa shape index (κ1) is 17.3. The van der Waals surface area contributed by atoms with Gasteiger partial charge < -0.3 is 20.7 Å². The smallest absolute Gasteiger partial charge is 0.408 e. The van der Waals surface area contributed by atoms with Crippen molar-refractivity contribution < 1.29 is 19.1 Å². The van der Waals surface area contributed by atoms with Crippen molar-refractivity contribution in [1.29, 1.82) is 0 Å². The minimum absolute atomic E-state index is 0.0824. The lowest BCUT2D eigenvalue weighted by Crippen LogP contribution is -2.53. The molecule has 2 rings (SSSR count). The van der Waals surface area contributed by atoms with Gasteiger partial charge in [0.1, 0.15) is 18.2 Å². The van der Waals surface area contributed by atoms with Gasteiger partial charge in [0.15, 0.2) is 0 Å². The van der Waals surface area contributed by atoms with Gasteiger partial charge in [0.25, 0.3) is 0 Å². The Bertz CT molecular complexity index is 500. The van der Waals surface area contributed by atoms with Gasteiger partial charge in [-0.1, -0.05) is 6.58 Å². The van der Waals surface area contributed by atoms with E-state index in [-0.39, 0.29) is 12.0 Å². The molecular weight excluding hydrogens is 298 g/mol. The summed E-state index contributed by atoms with van der Waals surface area (Å²) >= 11 is 0. The summed E-state index contributed by atoms with van der Waals surface area (Å²) in [5.74, 6) is -0.882. The average molecular weight is 323 g/mol. The van der Waals surface area contributed by atoms with Gasteiger partial charge in [-0.05, 0) is 51.0 Å². The standard InChI is InChI=1S/C16H25N3O4/c1-10(2)13(18-16(22)23-11-6-3-4-7-11)15(21)19-9-5-8-12(19)14(17)20/h11-13H,1,3-9H2,2H3,(H2,17,20)(H,18,22)/t12-,13-/m0/s1. The number of rotatable bonds is 5. The molecule has 1 saturated heterocycles. The van der Waals surface area contributed by atoms with Crippen molar-refractivity contribution in [3.63, 3.8) is 0 Å². The molecule has 1 aliphatic carbocycles. The van der Waals surface area contributed by atoms with Gasteiger partial charge in [-0.2, -0.15) is 0 Å². The molecular formula is C16H25N3O4. The maximum Gasteiger partial charge on any atom is 0.408 e. The number of alkyl carbamates (subject to hydrolysis) is 1. The van der Waals surface area contributed by atoms with E-state index in [0.717, 1.165) is 32.1 Å². The molecule has 128 valence electrons. The Labute approximate surface area is 136 Å². The SMILES string of the molecule is C=C(C)[C@H](NC(=O)OC1CCCC1)C(=O)N1CCC[C@H]1C(N)=O. The van der Waals surface area contributed by atoms with Crippen molar-refractivity contribution in [3.8, 4) is 0 Å². The molecule has 0 aromatic rings. The molecule has 1 aliphatic heterocycles. The summed E-state index contributed by atoms with van der Waals surface area (Å²) in [5.41, 5.74) is 5.84. The van der Waals surface area contributed by atoms with Crippen LogP contribution in [-0.2, 0) is 14.3 Å². The summed E-state index contributed by atoms with van der Waals surface area (Å²) in [5, 5.41) is 2.58. The Morgan fingerprint density at radius 3 is 2.43 bits per heavy atom. The number of nitrogens with zero attached hydrogens (tertiary/aromatic N) is 1. The predicted octanol–water partition coefficient (Wildman–Crippen LogP) is 1.08. The van der Waals surface area contributed by atoms with Gasteiger partial charge in [0.05, 0.1) is 0 Å². The Hall–Kier alpha value is -2.05. The van der Waals surface area contributed by atoms with Crippen LogP contribution < -0.4 is 11.1 Å².